The van der Waals surface area contributed by atoms with Gasteiger partial charge >= 0.3 is 6.16 Å². The Labute approximate surface area is 128 Å². The van der Waals surface area contributed by atoms with E-state index in [0.717, 1.165) is 0 Å². The Bertz CT molecular complexity index is 306. The van der Waals surface area contributed by atoms with Crippen LogP contribution in [0.5, 0.6) is 0 Å². The Morgan fingerprint density at radius 2 is 0.955 bits per heavy atom. The summed E-state index contributed by atoms with van der Waals surface area (Å²) < 4.78 is 33.6. The third-order valence-electron chi connectivity index (χ3n) is 1.63. The molecule has 0 aliphatic rings. The van der Waals surface area contributed by atoms with E-state index in [4.69, 9.17) is 54.8 Å². The molecule has 0 heterocycles. The summed E-state index contributed by atoms with van der Waals surface area (Å²) in [5, 5.41) is 66.1. The van der Waals surface area contributed by atoms with E-state index >= 15 is 0 Å². The molecule has 10 N–H and O–H groups in total. The molecular formula is C7H18O13S2. The highest BCUT2D eigenvalue weighted by Crippen LogP contribution is 2.03. The number of aliphatic hydroxyl groups is 6. The van der Waals surface area contributed by atoms with Gasteiger partial charge in [-0.1, -0.05) is 0 Å². The molecule has 0 spiro atoms. The molecule has 22 heavy (non-hydrogen) atoms. The first-order valence-corrected chi connectivity index (χ1v) is 7.73. The zero-order valence-corrected chi connectivity index (χ0v) is 12.4. The molecule has 0 aliphatic heterocycles. The number of aliphatic hydroxyl groups excluding tert-OH is 6. The van der Waals surface area contributed by atoms with Gasteiger partial charge in [-0.25, -0.2) is 13.2 Å². The summed E-state index contributed by atoms with van der Waals surface area (Å²) in [5.74, 6) is 0. The quantitative estimate of drug-likeness (QED) is 0.157. The van der Waals surface area contributed by atoms with Gasteiger partial charge in [0, 0.05) is 0 Å². The number of hydrogen-bond acceptors (Lipinski definition) is 9. The number of hydrogen-bond donors (Lipinski definition) is 10. The fraction of sp³-hybridized carbons (Fsp3) is 0.857. The summed E-state index contributed by atoms with van der Waals surface area (Å²) in [5.41, 5.74) is 0. The topological polar surface area (TPSA) is 254 Å². The third kappa shape index (κ3) is 17.3. The maximum Gasteiger partial charge on any atom is 0.503 e. The first-order chi connectivity index (χ1) is 9.91. The highest BCUT2D eigenvalue weighted by molar-refractivity contribution is 8.56. The molecule has 0 rings (SSSR count). The summed E-state index contributed by atoms with van der Waals surface area (Å²) >= 11 is 0. The van der Waals surface area contributed by atoms with Crippen LogP contribution in [-0.2, 0) is 20.2 Å². The predicted molar refractivity (Wildman–Crippen MR) is 70.4 cm³/mol. The molecular weight excluding hydrogens is 356 g/mol. The molecule has 0 radical (unpaired) electrons. The molecule has 13 nitrogen and oxygen atoms in total. The standard InChI is InChI=1S/C6H14O6.CH2O3.H2O4S2/c7-1-3(9)5(11)6(12)4(10)2-8;2-1(3)4;1-5(2)6(3)4/h3-12H,1-2H2;(H2,2,3,4);(H,1,2)(H,3,4). The van der Waals surface area contributed by atoms with Crippen LogP contribution in [0.15, 0.2) is 0 Å². The van der Waals surface area contributed by atoms with Crippen LogP contribution in [-0.4, -0.2) is 102 Å². The molecule has 0 aromatic rings. The van der Waals surface area contributed by atoms with Crippen molar-refractivity contribution in [1.82, 2.24) is 0 Å². The fourth-order valence-electron chi connectivity index (χ4n) is 0.671. The van der Waals surface area contributed by atoms with Gasteiger partial charge < -0.3 is 40.9 Å². The minimum absolute atomic E-state index is 0.726. The third-order valence-corrected chi connectivity index (χ3v) is 2.61. The molecule has 6 unspecified atom stereocenters. The van der Waals surface area contributed by atoms with Gasteiger partial charge in [0.1, 0.15) is 24.4 Å². The van der Waals surface area contributed by atoms with Gasteiger partial charge in [0.05, 0.1) is 13.2 Å². The summed E-state index contributed by atoms with van der Waals surface area (Å²) in [6, 6.07) is 0. The van der Waals surface area contributed by atoms with Crippen molar-refractivity contribution in [3.05, 3.63) is 0 Å². The van der Waals surface area contributed by atoms with Gasteiger partial charge in [0.2, 0.25) is 0 Å². The van der Waals surface area contributed by atoms with Crippen molar-refractivity contribution < 1.29 is 63.2 Å². The van der Waals surface area contributed by atoms with E-state index in [9.17, 15) is 8.42 Å². The zero-order valence-electron chi connectivity index (χ0n) is 10.7. The second-order valence-corrected chi connectivity index (χ2v) is 5.78. The van der Waals surface area contributed by atoms with Crippen LogP contribution >= 0.6 is 0 Å². The van der Waals surface area contributed by atoms with Crippen LogP contribution in [0.3, 0.4) is 0 Å². The lowest BCUT2D eigenvalue weighted by Crippen LogP contribution is -2.46. The smallest absolute Gasteiger partial charge is 0.450 e. The van der Waals surface area contributed by atoms with Crippen LogP contribution in [0.1, 0.15) is 0 Å². The lowest BCUT2D eigenvalue weighted by molar-refractivity contribution is -0.123. The molecule has 0 bridgehead atoms. The molecule has 0 fully saturated rings. The summed E-state index contributed by atoms with van der Waals surface area (Å²) in [6.07, 6.45) is -8.23. The van der Waals surface area contributed by atoms with E-state index in [-0.39, 0.29) is 0 Å². The second-order valence-electron chi connectivity index (χ2n) is 3.20. The first kappa shape index (κ1) is 26.2. The SMILES string of the molecule is O=C(O)O.O=S(O)S(=O)O.OCC(O)C(O)C(O)C(O)CO. The van der Waals surface area contributed by atoms with E-state index in [2.05, 4.69) is 0 Å². The highest BCUT2D eigenvalue weighted by atomic mass is 33.2. The fourth-order valence-corrected chi connectivity index (χ4v) is 0.671. The van der Waals surface area contributed by atoms with E-state index < -0.39 is 64.0 Å². The van der Waals surface area contributed by atoms with Crippen molar-refractivity contribution >= 4 is 26.4 Å². The molecule has 0 aliphatic carbocycles. The van der Waals surface area contributed by atoms with Crippen molar-refractivity contribution in [2.24, 2.45) is 0 Å². The van der Waals surface area contributed by atoms with E-state index in [0.29, 0.717) is 0 Å². The minimum Gasteiger partial charge on any atom is -0.450 e. The number of rotatable bonds is 6. The molecule has 6 atom stereocenters. The molecule has 136 valence electrons. The summed E-state index contributed by atoms with van der Waals surface area (Å²) in [4.78, 5) is 8.56. The van der Waals surface area contributed by atoms with Crippen LogP contribution in [0, 0.1) is 0 Å². The summed E-state index contributed by atoms with van der Waals surface area (Å²) in [6.45, 7) is -1.45. The molecule has 0 aromatic carbocycles. The van der Waals surface area contributed by atoms with Gasteiger partial charge in [-0.05, 0) is 0 Å². The lowest BCUT2D eigenvalue weighted by Gasteiger charge is -2.24. The van der Waals surface area contributed by atoms with E-state index in [1.54, 1.807) is 0 Å². The van der Waals surface area contributed by atoms with E-state index in [1.165, 1.54) is 0 Å². The second kappa shape index (κ2) is 15.2. The van der Waals surface area contributed by atoms with Gasteiger partial charge in [-0.15, -0.1) is 0 Å². The first-order valence-electron chi connectivity index (χ1n) is 5.00. The molecule has 0 amide bonds. The Kier molecular flexibility index (Phi) is 18.0. The maximum absolute atomic E-state index is 9.26. The van der Waals surface area contributed by atoms with Crippen molar-refractivity contribution in [2.45, 2.75) is 24.4 Å². The Balaban J connectivity index is -0.000000300. The van der Waals surface area contributed by atoms with Crippen molar-refractivity contribution in [3.63, 3.8) is 0 Å². The maximum atomic E-state index is 9.26. The van der Waals surface area contributed by atoms with Crippen LogP contribution in [0.2, 0.25) is 0 Å². The predicted octanol–water partition coefficient (Wildman–Crippen LogP) is -4.02. The molecule has 15 heteroatoms. The van der Waals surface area contributed by atoms with Gasteiger partial charge in [-0.3, -0.25) is 9.11 Å². The Hall–Kier alpha value is -0.750. The lowest BCUT2D eigenvalue weighted by atomic mass is 10.0. The monoisotopic (exact) mass is 374 g/mol. The average molecular weight is 374 g/mol. The van der Waals surface area contributed by atoms with Crippen LogP contribution in [0.25, 0.3) is 0 Å². The number of carbonyl (C=O) groups is 1. The molecule has 0 aromatic heterocycles. The Morgan fingerprint density at radius 1 is 0.773 bits per heavy atom. The number of carboxylic acid groups (broad SMARTS) is 2. The van der Waals surface area contributed by atoms with Crippen LogP contribution < -0.4 is 0 Å². The molecule has 0 saturated carbocycles. The Morgan fingerprint density at radius 3 is 1.05 bits per heavy atom. The zero-order chi connectivity index (χ0) is 18.5. The normalized spacial score (nSPS) is 18.2. The van der Waals surface area contributed by atoms with Crippen molar-refractivity contribution in [3.8, 4) is 0 Å². The highest BCUT2D eigenvalue weighted by Gasteiger charge is 2.29. The largest absolute Gasteiger partial charge is 0.503 e. The van der Waals surface area contributed by atoms with Crippen molar-refractivity contribution in [2.75, 3.05) is 13.2 Å². The van der Waals surface area contributed by atoms with E-state index in [1.807, 2.05) is 0 Å². The minimum atomic E-state index is -2.59. The summed E-state index contributed by atoms with van der Waals surface area (Å²) in [7, 11) is -5.18. The van der Waals surface area contributed by atoms with Crippen LogP contribution in [0.4, 0.5) is 4.79 Å². The molecule has 0 saturated heterocycles. The van der Waals surface area contributed by atoms with Gasteiger partial charge in [0.25, 0.3) is 20.2 Å². The average Bonchev–Trinajstić information content (AvgIpc) is 2.43. The van der Waals surface area contributed by atoms with Gasteiger partial charge in [-0.2, -0.15) is 0 Å². The van der Waals surface area contributed by atoms with Gasteiger partial charge in [0.15, 0.2) is 0 Å². The van der Waals surface area contributed by atoms with Crippen molar-refractivity contribution in [1.29, 1.82) is 0 Å².